The first kappa shape index (κ1) is 22.6. The number of hydrogen-bond acceptors (Lipinski definition) is 8. The molecule has 0 radical (unpaired) electrons. The predicted octanol–water partition coefficient (Wildman–Crippen LogP) is 1.95. The highest BCUT2D eigenvalue weighted by Crippen LogP contribution is 2.42. The number of aromatic hydroxyl groups is 1. The lowest BCUT2D eigenvalue weighted by Crippen LogP contribution is -2.55. The molecular weight excluding hydrogens is 416 g/mol. The van der Waals surface area contributed by atoms with E-state index in [1.165, 1.54) is 6.26 Å². The fourth-order valence-corrected chi connectivity index (χ4v) is 4.27. The summed E-state index contributed by atoms with van der Waals surface area (Å²) in [4.78, 5) is 0. The average Bonchev–Trinajstić information content (AvgIpc) is 3.18. The maximum Gasteiger partial charge on any atom is 0.162 e. The Bertz CT molecular complexity index is 1070. The fourth-order valence-electron chi connectivity index (χ4n) is 4.27. The van der Waals surface area contributed by atoms with Gasteiger partial charge in [-0.3, -0.25) is 0 Å². The second-order valence-electron chi connectivity index (χ2n) is 8.08. The summed E-state index contributed by atoms with van der Waals surface area (Å²) in [5.41, 5.74) is 3.57. The lowest BCUT2D eigenvalue weighted by Gasteiger charge is -2.40. The average molecular weight is 444 g/mol. The summed E-state index contributed by atoms with van der Waals surface area (Å²) in [6.07, 6.45) is -4.84. The Morgan fingerprint density at radius 3 is 2.41 bits per heavy atom. The quantitative estimate of drug-likeness (QED) is 0.390. The van der Waals surface area contributed by atoms with Crippen molar-refractivity contribution in [2.45, 2.75) is 50.8 Å². The normalized spacial score (nSPS) is 25.9. The van der Waals surface area contributed by atoms with Crippen LogP contribution in [0.2, 0.25) is 0 Å². The highest BCUT2D eigenvalue weighted by molar-refractivity contribution is 5.91. The van der Waals surface area contributed by atoms with Crippen LogP contribution in [0.3, 0.4) is 0 Å². The highest BCUT2D eigenvalue weighted by atomic mass is 16.5. The van der Waals surface area contributed by atoms with Gasteiger partial charge in [0, 0.05) is 0 Å². The van der Waals surface area contributed by atoms with E-state index in [1.54, 1.807) is 6.07 Å². The lowest BCUT2D eigenvalue weighted by atomic mass is 9.87. The van der Waals surface area contributed by atoms with Gasteiger partial charge in [0.15, 0.2) is 5.75 Å². The molecule has 8 heteroatoms. The third-order valence-corrected chi connectivity index (χ3v) is 6.04. The smallest absolute Gasteiger partial charge is 0.162 e. The highest BCUT2D eigenvalue weighted by Gasteiger charge is 2.45. The minimum Gasteiger partial charge on any atom is -0.504 e. The van der Waals surface area contributed by atoms with Crippen molar-refractivity contribution in [3.8, 4) is 11.5 Å². The maximum atomic E-state index is 10.7. The van der Waals surface area contributed by atoms with E-state index in [1.807, 2.05) is 38.1 Å². The number of hydrogen-bond donors (Lipinski definition) is 5. The Morgan fingerprint density at radius 2 is 1.75 bits per heavy atom. The van der Waals surface area contributed by atoms with Crippen molar-refractivity contribution in [2.24, 2.45) is 0 Å². The van der Waals surface area contributed by atoms with E-state index in [0.717, 1.165) is 22.4 Å². The molecule has 0 bridgehead atoms. The molecule has 2 aromatic carbocycles. The molecule has 0 aliphatic carbocycles. The van der Waals surface area contributed by atoms with Gasteiger partial charge in [0.05, 0.1) is 18.6 Å². The van der Waals surface area contributed by atoms with Crippen molar-refractivity contribution in [3.63, 3.8) is 0 Å². The fraction of sp³-hybridized carbons (Fsp3) is 0.417. The van der Waals surface area contributed by atoms with Gasteiger partial charge >= 0.3 is 0 Å². The zero-order valence-corrected chi connectivity index (χ0v) is 17.9. The first-order valence-electron chi connectivity index (χ1n) is 10.6. The summed E-state index contributed by atoms with van der Waals surface area (Å²) in [7, 11) is 0. The van der Waals surface area contributed by atoms with Crippen molar-refractivity contribution in [1.29, 1.82) is 0 Å². The van der Waals surface area contributed by atoms with E-state index in [9.17, 15) is 25.5 Å². The molecule has 0 spiro atoms. The number of benzene rings is 2. The van der Waals surface area contributed by atoms with Gasteiger partial charge in [0.25, 0.3) is 0 Å². The summed E-state index contributed by atoms with van der Waals surface area (Å²) in [5.74, 6) is 0.657. The van der Waals surface area contributed by atoms with Crippen molar-refractivity contribution in [2.75, 3.05) is 13.2 Å². The van der Waals surface area contributed by atoms with E-state index < -0.39 is 37.1 Å². The monoisotopic (exact) mass is 444 g/mol. The van der Waals surface area contributed by atoms with Gasteiger partial charge in [-0.2, -0.15) is 0 Å². The molecule has 5 N–H and O–H groups in total. The minimum atomic E-state index is -1.52. The molecule has 1 fully saturated rings. The largest absolute Gasteiger partial charge is 0.504 e. The minimum absolute atomic E-state index is 0.123. The molecule has 5 atom stereocenters. The van der Waals surface area contributed by atoms with Gasteiger partial charge in [0.1, 0.15) is 48.1 Å². The van der Waals surface area contributed by atoms with Crippen LogP contribution in [0.25, 0.3) is 11.0 Å². The van der Waals surface area contributed by atoms with Crippen LogP contribution in [-0.4, -0.2) is 63.2 Å². The van der Waals surface area contributed by atoms with Gasteiger partial charge < -0.3 is 39.4 Å². The second-order valence-corrected chi connectivity index (χ2v) is 8.08. The van der Waals surface area contributed by atoms with Crippen molar-refractivity contribution in [1.82, 2.24) is 0 Å². The molecule has 1 aromatic heterocycles. The van der Waals surface area contributed by atoms with Crippen molar-refractivity contribution in [3.05, 3.63) is 58.8 Å². The van der Waals surface area contributed by atoms with E-state index in [4.69, 9.17) is 13.9 Å². The predicted molar refractivity (Wildman–Crippen MR) is 116 cm³/mol. The topological polar surface area (TPSA) is 133 Å². The first-order chi connectivity index (χ1) is 15.3. The molecule has 8 nitrogen and oxygen atoms in total. The molecule has 3 aromatic rings. The Hall–Kier alpha value is -2.62. The van der Waals surface area contributed by atoms with Gasteiger partial charge in [-0.15, -0.1) is 0 Å². The van der Waals surface area contributed by atoms with Crippen molar-refractivity contribution >= 4 is 11.0 Å². The van der Waals surface area contributed by atoms with Crippen LogP contribution >= 0.6 is 0 Å². The molecule has 32 heavy (non-hydrogen) atoms. The third kappa shape index (κ3) is 3.96. The maximum absolute atomic E-state index is 10.7. The summed E-state index contributed by atoms with van der Waals surface area (Å²) >= 11 is 0. The van der Waals surface area contributed by atoms with E-state index in [-0.39, 0.29) is 5.75 Å². The summed E-state index contributed by atoms with van der Waals surface area (Å²) in [6, 6.07) is 9.51. The van der Waals surface area contributed by atoms with Crippen LogP contribution in [0.4, 0.5) is 0 Å². The molecule has 0 amide bonds. The standard InChI is InChI=1S/C24H28O8/c1-3-30-15-6-4-13(5-7-15)8-14-9-16(19-17(26)11-31-23(19)12(14)2)24-22(29)21(28)20(27)18(10-25)32-24/h4-7,9,11,18,20-22,24-29H,3,8,10H2,1-2H3. The van der Waals surface area contributed by atoms with Gasteiger partial charge in [0.2, 0.25) is 0 Å². The number of fused-ring (bicyclic) bond motifs is 1. The van der Waals surface area contributed by atoms with Crippen LogP contribution in [0, 0.1) is 6.92 Å². The molecule has 4 rings (SSSR count). The summed E-state index contributed by atoms with van der Waals surface area (Å²) in [5, 5.41) is 51.4. The number of aliphatic hydroxyl groups is 4. The van der Waals surface area contributed by atoms with Gasteiger partial charge in [-0.1, -0.05) is 18.2 Å². The number of aryl methyl sites for hydroxylation is 1. The lowest BCUT2D eigenvalue weighted by molar-refractivity contribution is -0.231. The van der Waals surface area contributed by atoms with Crippen LogP contribution in [0.1, 0.15) is 35.3 Å². The van der Waals surface area contributed by atoms with E-state index >= 15 is 0 Å². The number of aliphatic hydroxyl groups excluding tert-OH is 4. The Labute approximate surface area is 185 Å². The molecule has 0 saturated carbocycles. The second kappa shape index (κ2) is 9.09. The molecule has 1 aliphatic heterocycles. The SMILES string of the molecule is CCOc1ccc(Cc2cc(C3OC(CO)C(O)C(O)C3O)c3c(O)coc3c2C)cc1. The summed E-state index contributed by atoms with van der Waals surface area (Å²) in [6.45, 7) is 3.85. The Balaban J connectivity index is 1.77. The zero-order chi connectivity index (χ0) is 23.0. The van der Waals surface area contributed by atoms with Gasteiger partial charge in [-0.05, 0) is 54.7 Å². The number of ether oxygens (including phenoxy) is 2. The number of rotatable bonds is 6. The Morgan fingerprint density at radius 1 is 1.03 bits per heavy atom. The van der Waals surface area contributed by atoms with Gasteiger partial charge in [-0.25, -0.2) is 0 Å². The van der Waals surface area contributed by atoms with Crippen LogP contribution in [-0.2, 0) is 11.2 Å². The molecule has 2 heterocycles. The molecule has 172 valence electrons. The molecule has 1 aliphatic rings. The van der Waals surface area contributed by atoms with Crippen LogP contribution < -0.4 is 4.74 Å². The zero-order valence-electron chi connectivity index (χ0n) is 17.9. The third-order valence-electron chi connectivity index (χ3n) is 6.04. The van der Waals surface area contributed by atoms with E-state index in [2.05, 4.69) is 0 Å². The van der Waals surface area contributed by atoms with Crippen LogP contribution in [0.15, 0.2) is 41.0 Å². The molecular formula is C24H28O8. The summed E-state index contributed by atoms with van der Waals surface area (Å²) < 4.78 is 16.9. The Kier molecular flexibility index (Phi) is 6.41. The van der Waals surface area contributed by atoms with E-state index in [0.29, 0.717) is 29.6 Å². The first-order valence-corrected chi connectivity index (χ1v) is 10.6. The molecule has 5 unspecified atom stereocenters. The van der Waals surface area contributed by atoms with Crippen LogP contribution in [0.5, 0.6) is 11.5 Å². The number of furan rings is 1. The molecule has 1 saturated heterocycles. The van der Waals surface area contributed by atoms with Crippen molar-refractivity contribution < 1.29 is 39.4 Å².